The third-order valence-electron chi connectivity index (χ3n) is 4.13. The molecular weight excluding hydrogens is 224 g/mol. The highest BCUT2D eigenvalue weighted by Crippen LogP contribution is 2.49. The van der Waals surface area contributed by atoms with Crippen molar-refractivity contribution in [2.75, 3.05) is 6.61 Å². The summed E-state index contributed by atoms with van der Waals surface area (Å²) in [7, 11) is 0. The highest BCUT2D eigenvalue weighted by atomic mass is 16.6. The lowest BCUT2D eigenvalue weighted by molar-refractivity contribution is -0.170. The van der Waals surface area contributed by atoms with E-state index in [1.165, 1.54) is 0 Å². The van der Waals surface area contributed by atoms with Crippen LogP contribution in [0, 0.1) is 17.3 Å². The molecule has 0 aromatic carbocycles. The Balaban J connectivity index is 2.31. The van der Waals surface area contributed by atoms with E-state index < -0.39 is 23.3 Å². The van der Waals surface area contributed by atoms with E-state index in [9.17, 15) is 19.8 Å². The maximum Gasteiger partial charge on any atom is 0.310 e. The van der Waals surface area contributed by atoms with Crippen LogP contribution in [0.1, 0.15) is 32.6 Å². The van der Waals surface area contributed by atoms with Gasteiger partial charge in [-0.2, -0.15) is 0 Å². The molecule has 4 unspecified atom stereocenters. The Labute approximate surface area is 99.8 Å². The largest absolute Gasteiger partial charge is 0.481 e. The van der Waals surface area contributed by atoms with Crippen molar-refractivity contribution in [2.24, 2.45) is 17.3 Å². The third-order valence-corrected chi connectivity index (χ3v) is 4.13. The molecule has 0 aromatic heterocycles. The van der Waals surface area contributed by atoms with Gasteiger partial charge in [0.15, 0.2) is 0 Å². The maximum absolute atomic E-state index is 11.6. The Kier molecular flexibility index (Phi) is 3.12. The van der Waals surface area contributed by atoms with Crippen LogP contribution in [0.15, 0.2) is 0 Å². The van der Waals surface area contributed by atoms with E-state index in [1.54, 1.807) is 0 Å². The Hall–Kier alpha value is -1.10. The number of hydrogen-bond acceptors (Lipinski definition) is 3. The molecule has 0 amide bonds. The van der Waals surface area contributed by atoms with Crippen molar-refractivity contribution in [1.29, 1.82) is 0 Å². The van der Waals surface area contributed by atoms with Gasteiger partial charge in [0.2, 0.25) is 0 Å². The van der Waals surface area contributed by atoms with E-state index in [2.05, 4.69) is 0 Å². The molecule has 2 aliphatic rings. The molecule has 5 heteroatoms. The Bertz CT molecular complexity index is 336. The number of rotatable bonds is 4. The average molecular weight is 242 g/mol. The van der Waals surface area contributed by atoms with Crippen molar-refractivity contribution in [2.45, 2.75) is 38.7 Å². The molecule has 1 saturated heterocycles. The van der Waals surface area contributed by atoms with Crippen molar-refractivity contribution >= 4 is 11.9 Å². The highest BCUT2D eigenvalue weighted by molar-refractivity contribution is 5.84. The molecule has 96 valence electrons. The number of carboxylic acids is 2. The molecule has 0 spiro atoms. The van der Waals surface area contributed by atoms with Crippen LogP contribution in [0.2, 0.25) is 0 Å². The van der Waals surface area contributed by atoms with Gasteiger partial charge in [0, 0.05) is 0 Å². The molecule has 1 saturated carbocycles. The predicted octanol–water partition coefficient (Wildman–Crippen LogP) is 1.37. The normalized spacial score (nSPS) is 40.9. The molecule has 17 heavy (non-hydrogen) atoms. The molecule has 2 rings (SSSR count). The van der Waals surface area contributed by atoms with Gasteiger partial charge in [-0.05, 0) is 25.2 Å². The van der Waals surface area contributed by atoms with E-state index in [0.717, 1.165) is 12.8 Å². The Morgan fingerprint density at radius 3 is 2.53 bits per heavy atom. The summed E-state index contributed by atoms with van der Waals surface area (Å²) in [5, 5.41) is 18.8. The molecule has 2 fully saturated rings. The van der Waals surface area contributed by atoms with Crippen molar-refractivity contribution in [3.63, 3.8) is 0 Å². The van der Waals surface area contributed by atoms with Crippen LogP contribution in [-0.2, 0) is 14.3 Å². The molecule has 1 aliphatic heterocycles. The van der Waals surface area contributed by atoms with Gasteiger partial charge in [0.1, 0.15) is 0 Å². The topological polar surface area (TPSA) is 87.1 Å². The van der Waals surface area contributed by atoms with Gasteiger partial charge >= 0.3 is 11.9 Å². The fourth-order valence-corrected chi connectivity index (χ4v) is 3.23. The van der Waals surface area contributed by atoms with Crippen LogP contribution in [0.4, 0.5) is 0 Å². The monoisotopic (exact) mass is 242 g/mol. The Morgan fingerprint density at radius 2 is 2.06 bits per heavy atom. The maximum atomic E-state index is 11.6. The fourth-order valence-electron chi connectivity index (χ4n) is 3.23. The molecule has 0 radical (unpaired) electrons. The summed E-state index contributed by atoms with van der Waals surface area (Å²) in [6, 6.07) is 0. The lowest BCUT2D eigenvalue weighted by atomic mass is 9.60. The Morgan fingerprint density at radius 1 is 1.41 bits per heavy atom. The second-order valence-electron chi connectivity index (χ2n) is 5.31. The van der Waals surface area contributed by atoms with E-state index in [-0.39, 0.29) is 12.0 Å². The summed E-state index contributed by atoms with van der Waals surface area (Å²) >= 11 is 0. The van der Waals surface area contributed by atoms with Gasteiger partial charge < -0.3 is 14.9 Å². The summed E-state index contributed by atoms with van der Waals surface area (Å²) in [5.41, 5.74) is -1.13. The molecule has 1 aliphatic carbocycles. The van der Waals surface area contributed by atoms with Gasteiger partial charge in [-0.1, -0.05) is 13.3 Å². The highest BCUT2D eigenvalue weighted by Gasteiger charge is 2.55. The zero-order valence-corrected chi connectivity index (χ0v) is 9.89. The number of epoxide rings is 1. The van der Waals surface area contributed by atoms with Gasteiger partial charge in [-0.15, -0.1) is 0 Å². The van der Waals surface area contributed by atoms with E-state index in [4.69, 9.17) is 4.74 Å². The predicted molar refractivity (Wildman–Crippen MR) is 58.6 cm³/mol. The first-order valence-electron chi connectivity index (χ1n) is 6.05. The lowest BCUT2D eigenvalue weighted by Crippen LogP contribution is -2.49. The van der Waals surface area contributed by atoms with Crippen LogP contribution >= 0.6 is 0 Å². The standard InChI is InChI=1S/C12H18O5/c1-7-3-2-4-12(11(15)16,5-8-6-17-8)9(7)10(13)14/h7-9H,2-6H2,1H3,(H,13,14)(H,15,16). The molecule has 2 N–H and O–H groups in total. The van der Waals surface area contributed by atoms with Gasteiger partial charge in [0.25, 0.3) is 0 Å². The van der Waals surface area contributed by atoms with E-state index >= 15 is 0 Å². The number of carbonyl (C=O) groups is 2. The molecule has 1 heterocycles. The zero-order chi connectivity index (χ0) is 12.6. The van der Waals surface area contributed by atoms with E-state index in [1.807, 2.05) is 6.92 Å². The summed E-state index contributed by atoms with van der Waals surface area (Å²) in [6.45, 7) is 2.40. The minimum absolute atomic E-state index is 0.0572. The second-order valence-corrected chi connectivity index (χ2v) is 5.31. The average Bonchev–Trinajstić information content (AvgIpc) is 3.00. The van der Waals surface area contributed by atoms with Crippen LogP contribution in [-0.4, -0.2) is 34.9 Å². The first kappa shape index (κ1) is 12.4. The van der Waals surface area contributed by atoms with Crippen LogP contribution < -0.4 is 0 Å². The van der Waals surface area contributed by atoms with Crippen molar-refractivity contribution in [1.82, 2.24) is 0 Å². The molecule has 0 aromatic rings. The van der Waals surface area contributed by atoms with Crippen LogP contribution in [0.3, 0.4) is 0 Å². The quantitative estimate of drug-likeness (QED) is 0.727. The molecule has 5 nitrogen and oxygen atoms in total. The van der Waals surface area contributed by atoms with Gasteiger partial charge in [0.05, 0.1) is 24.0 Å². The van der Waals surface area contributed by atoms with Gasteiger partial charge in [-0.25, -0.2) is 0 Å². The molecular formula is C12H18O5. The minimum Gasteiger partial charge on any atom is -0.481 e. The first-order valence-corrected chi connectivity index (χ1v) is 6.05. The second kappa shape index (κ2) is 4.29. The lowest BCUT2D eigenvalue weighted by Gasteiger charge is -2.41. The van der Waals surface area contributed by atoms with Crippen molar-refractivity contribution in [3.05, 3.63) is 0 Å². The van der Waals surface area contributed by atoms with Crippen molar-refractivity contribution in [3.8, 4) is 0 Å². The van der Waals surface area contributed by atoms with Gasteiger partial charge in [-0.3, -0.25) is 9.59 Å². The summed E-state index contributed by atoms with van der Waals surface area (Å²) < 4.78 is 5.09. The van der Waals surface area contributed by atoms with Crippen LogP contribution in [0.25, 0.3) is 0 Å². The summed E-state index contributed by atoms with van der Waals surface area (Å²) in [6.07, 6.45) is 2.30. The SMILES string of the molecule is CC1CCCC(CC2CO2)(C(=O)O)C1C(=O)O. The van der Waals surface area contributed by atoms with E-state index in [0.29, 0.717) is 19.4 Å². The third kappa shape index (κ3) is 2.16. The zero-order valence-electron chi connectivity index (χ0n) is 9.89. The number of carboxylic acid groups (broad SMARTS) is 2. The number of hydrogen-bond donors (Lipinski definition) is 2. The fraction of sp³-hybridized carbons (Fsp3) is 0.833. The number of aliphatic carboxylic acids is 2. The van der Waals surface area contributed by atoms with Crippen molar-refractivity contribution < 1.29 is 24.5 Å². The minimum atomic E-state index is -1.13. The summed E-state index contributed by atoms with van der Waals surface area (Å²) in [5.74, 6) is -2.85. The number of ether oxygens (including phenoxy) is 1. The molecule has 0 bridgehead atoms. The molecule has 4 atom stereocenters. The smallest absolute Gasteiger partial charge is 0.310 e. The summed E-state index contributed by atoms with van der Waals surface area (Å²) in [4.78, 5) is 23.0. The first-order chi connectivity index (χ1) is 7.97. The van der Waals surface area contributed by atoms with Crippen LogP contribution in [0.5, 0.6) is 0 Å².